The van der Waals surface area contributed by atoms with E-state index in [1.54, 1.807) is 16.8 Å². The second-order valence-corrected chi connectivity index (χ2v) is 7.60. The van der Waals surface area contributed by atoms with Gasteiger partial charge in [0.1, 0.15) is 5.82 Å². The average molecular weight is 407 g/mol. The number of pyridine rings is 1. The van der Waals surface area contributed by atoms with Crippen molar-refractivity contribution >= 4 is 11.6 Å². The molecule has 0 bridgehead atoms. The zero-order chi connectivity index (χ0) is 21.5. The summed E-state index contributed by atoms with van der Waals surface area (Å²) in [7, 11) is 0. The van der Waals surface area contributed by atoms with Gasteiger partial charge in [-0.3, -0.25) is 4.79 Å². The van der Waals surface area contributed by atoms with Crippen LogP contribution in [0.2, 0.25) is 0 Å². The molecule has 3 rings (SSSR count). The molecule has 1 atom stereocenters. The highest BCUT2D eigenvalue weighted by molar-refractivity contribution is 5.35. The first-order valence-electron chi connectivity index (χ1n) is 10.2. The third-order valence-electron chi connectivity index (χ3n) is 5.07. The molecule has 0 fully saturated rings. The SMILES string of the molecule is Cc1nc(N)ccc1CNCCn1c(C)cnc(NC(C)Cc2ccccc2)c1=O. The molecule has 0 radical (unpaired) electrons. The molecule has 0 aliphatic carbocycles. The van der Waals surface area contributed by atoms with Crippen molar-refractivity contribution in [3.8, 4) is 0 Å². The molecule has 0 saturated carbocycles. The van der Waals surface area contributed by atoms with Crippen molar-refractivity contribution < 1.29 is 0 Å². The van der Waals surface area contributed by atoms with Crippen molar-refractivity contribution in [3.63, 3.8) is 0 Å². The fourth-order valence-corrected chi connectivity index (χ4v) is 3.41. The van der Waals surface area contributed by atoms with Gasteiger partial charge in [-0.2, -0.15) is 0 Å². The van der Waals surface area contributed by atoms with Crippen molar-refractivity contribution in [1.29, 1.82) is 0 Å². The van der Waals surface area contributed by atoms with Gasteiger partial charge in [0.05, 0.1) is 0 Å². The molecule has 30 heavy (non-hydrogen) atoms. The number of nitrogens with zero attached hydrogens (tertiary/aromatic N) is 3. The van der Waals surface area contributed by atoms with E-state index < -0.39 is 0 Å². The third-order valence-corrected chi connectivity index (χ3v) is 5.07. The normalized spacial score (nSPS) is 12.0. The summed E-state index contributed by atoms with van der Waals surface area (Å²) < 4.78 is 1.76. The maximum atomic E-state index is 12.9. The summed E-state index contributed by atoms with van der Waals surface area (Å²) in [6, 6.07) is 14.1. The molecule has 2 heterocycles. The van der Waals surface area contributed by atoms with Gasteiger partial charge in [-0.15, -0.1) is 0 Å². The van der Waals surface area contributed by atoms with Crippen molar-refractivity contribution in [1.82, 2.24) is 19.9 Å². The zero-order valence-corrected chi connectivity index (χ0v) is 17.9. The molecule has 0 spiro atoms. The topological polar surface area (TPSA) is 97.9 Å². The van der Waals surface area contributed by atoms with Crippen LogP contribution in [0.5, 0.6) is 0 Å². The highest BCUT2D eigenvalue weighted by Gasteiger charge is 2.11. The summed E-state index contributed by atoms with van der Waals surface area (Å²) in [5.74, 6) is 0.916. The van der Waals surface area contributed by atoms with E-state index in [0.29, 0.717) is 31.3 Å². The number of nitrogens with one attached hydrogen (secondary N) is 2. The molecule has 0 amide bonds. The van der Waals surface area contributed by atoms with Crippen molar-refractivity contribution in [2.45, 2.75) is 46.3 Å². The fraction of sp³-hybridized carbons (Fsp3) is 0.348. The van der Waals surface area contributed by atoms with E-state index in [9.17, 15) is 4.79 Å². The van der Waals surface area contributed by atoms with E-state index in [4.69, 9.17) is 5.73 Å². The Hall–Kier alpha value is -3.19. The van der Waals surface area contributed by atoms with E-state index in [0.717, 1.165) is 23.4 Å². The van der Waals surface area contributed by atoms with Gasteiger partial charge in [-0.25, -0.2) is 9.97 Å². The predicted octanol–water partition coefficient (Wildman–Crippen LogP) is 2.67. The van der Waals surface area contributed by atoms with E-state index in [1.165, 1.54) is 5.56 Å². The van der Waals surface area contributed by atoms with Gasteiger partial charge in [-0.05, 0) is 44.4 Å². The standard InChI is InChI=1S/C23H30N6O/c1-16(13-19-7-5-4-6-8-19)27-22-23(30)29(17(2)14-26-22)12-11-25-15-20-9-10-21(24)28-18(20)3/h4-10,14,16,25H,11-13,15H2,1-3H3,(H2,24,28)(H,26,27). The molecular weight excluding hydrogens is 376 g/mol. The first kappa shape index (κ1) is 21.5. The molecule has 0 aliphatic rings. The van der Waals surface area contributed by atoms with Crippen LogP contribution < -0.4 is 21.9 Å². The number of hydrogen-bond acceptors (Lipinski definition) is 6. The molecule has 4 N–H and O–H groups in total. The number of aryl methyl sites for hydroxylation is 2. The van der Waals surface area contributed by atoms with Crippen LogP contribution in [0.4, 0.5) is 11.6 Å². The number of rotatable bonds is 9. The second-order valence-electron chi connectivity index (χ2n) is 7.60. The Labute approximate surface area is 177 Å². The average Bonchev–Trinajstić information content (AvgIpc) is 2.71. The summed E-state index contributed by atoms with van der Waals surface area (Å²) >= 11 is 0. The minimum atomic E-state index is -0.0953. The number of benzene rings is 1. The Balaban J connectivity index is 1.59. The molecule has 0 aliphatic heterocycles. The van der Waals surface area contributed by atoms with Gasteiger partial charge in [0, 0.05) is 43.3 Å². The van der Waals surface area contributed by atoms with Crippen LogP contribution in [0.25, 0.3) is 0 Å². The molecule has 1 aromatic carbocycles. The molecular formula is C23H30N6O. The Morgan fingerprint density at radius 3 is 2.63 bits per heavy atom. The van der Waals surface area contributed by atoms with Crippen LogP contribution in [0.1, 0.15) is 29.4 Å². The highest BCUT2D eigenvalue weighted by atomic mass is 16.1. The molecule has 7 nitrogen and oxygen atoms in total. The Bertz CT molecular complexity index is 1030. The Morgan fingerprint density at radius 2 is 1.90 bits per heavy atom. The van der Waals surface area contributed by atoms with Gasteiger partial charge in [0.2, 0.25) is 0 Å². The molecule has 158 valence electrons. The van der Waals surface area contributed by atoms with Crippen LogP contribution in [0, 0.1) is 13.8 Å². The largest absolute Gasteiger partial charge is 0.384 e. The van der Waals surface area contributed by atoms with Gasteiger partial charge >= 0.3 is 0 Å². The lowest BCUT2D eigenvalue weighted by molar-refractivity contribution is 0.570. The van der Waals surface area contributed by atoms with Crippen LogP contribution in [0.15, 0.2) is 53.5 Å². The Kier molecular flexibility index (Phi) is 7.19. The number of nitrogens with two attached hydrogens (primary N) is 1. The minimum Gasteiger partial charge on any atom is -0.384 e. The van der Waals surface area contributed by atoms with Gasteiger partial charge in [0.15, 0.2) is 5.82 Å². The summed E-state index contributed by atoms with van der Waals surface area (Å²) in [6.07, 6.45) is 2.57. The quantitative estimate of drug-likeness (QED) is 0.473. The minimum absolute atomic E-state index is 0.0953. The van der Waals surface area contributed by atoms with Gasteiger partial charge < -0.3 is 20.9 Å². The summed E-state index contributed by atoms with van der Waals surface area (Å²) in [4.78, 5) is 21.5. The zero-order valence-electron chi connectivity index (χ0n) is 17.9. The van der Waals surface area contributed by atoms with Gasteiger partial charge in [0.25, 0.3) is 5.56 Å². The van der Waals surface area contributed by atoms with Crippen molar-refractivity contribution in [2.75, 3.05) is 17.6 Å². The molecule has 0 saturated heterocycles. The first-order chi connectivity index (χ1) is 14.4. The number of nitrogen functional groups attached to an aromatic ring is 1. The summed E-state index contributed by atoms with van der Waals surface area (Å²) in [6.45, 7) is 7.81. The third kappa shape index (κ3) is 5.67. The maximum absolute atomic E-state index is 12.9. The lowest BCUT2D eigenvalue weighted by Crippen LogP contribution is -2.33. The number of anilines is 2. The fourth-order valence-electron chi connectivity index (χ4n) is 3.41. The van der Waals surface area contributed by atoms with Crippen LogP contribution >= 0.6 is 0 Å². The van der Waals surface area contributed by atoms with Crippen LogP contribution in [0.3, 0.4) is 0 Å². The van der Waals surface area contributed by atoms with E-state index in [-0.39, 0.29) is 11.6 Å². The smallest absolute Gasteiger partial charge is 0.293 e. The van der Waals surface area contributed by atoms with E-state index in [2.05, 4.69) is 39.7 Å². The van der Waals surface area contributed by atoms with E-state index in [1.807, 2.05) is 38.1 Å². The monoisotopic (exact) mass is 406 g/mol. The van der Waals surface area contributed by atoms with Crippen LogP contribution in [-0.4, -0.2) is 27.1 Å². The Morgan fingerprint density at radius 1 is 1.13 bits per heavy atom. The van der Waals surface area contributed by atoms with E-state index >= 15 is 0 Å². The maximum Gasteiger partial charge on any atom is 0.293 e. The lowest BCUT2D eigenvalue weighted by atomic mass is 10.1. The predicted molar refractivity (Wildman–Crippen MR) is 122 cm³/mol. The molecule has 7 heteroatoms. The molecule has 1 unspecified atom stereocenters. The van der Waals surface area contributed by atoms with Gasteiger partial charge in [-0.1, -0.05) is 36.4 Å². The lowest BCUT2D eigenvalue weighted by Gasteiger charge is -2.17. The summed E-state index contributed by atoms with van der Waals surface area (Å²) in [5, 5.41) is 6.65. The molecule has 2 aromatic heterocycles. The number of aromatic nitrogens is 3. The van der Waals surface area contributed by atoms with Crippen LogP contribution in [-0.2, 0) is 19.5 Å². The number of hydrogen-bond donors (Lipinski definition) is 3. The summed E-state index contributed by atoms with van der Waals surface area (Å²) in [5.41, 5.74) is 9.68. The highest BCUT2D eigenvalue weighted by Crippen LogP contribution is 2.08. The van der Waals surface area contributed by atoms with Crippen molar-refractivity contribution in [2.24, 2.45) is 0 Å². The molecule has 3 aromatic rings. The first-order valence-corrected chi connectivity index (χ1v) is 10.2. The van der Waals surface area contributed by atoms with Crippen molar-refractivity contribution in [3.05, 3.63) is 81.5 Å². The second kappa shape index (κ2) is 10.0.